The van der Waals surface area contributed by atoms with Crippen LogP contribution in [0.4, 0.5) is 0 Å². The molecule has 0 atom stereocenters. The SMILES string of the molecule is O=C(CNC(=O)c1ccccc1)NN=Cc1cc(Br)cc(Br)c1O. The first-order valence-corrected chi connectivity index (χ1v) is 8.39. The van der Waals surface area contributed by atoms with E-state index in [0.717, 1.165) is 4.47 Å². The van der Waals surface area contributed by atoms with E-state index < -0.39 is 5.91 Å². The van der Waals surface area contributed by atoms with Crippen molar-refractivity contribution in [3.8, 4) is 5.75 Å². The molecule has 0 saturated heterocycles. The lowest BCUT2D eigenvalue weighted by Crippen LogP contribution is -2.34. The van der Waals surface area contributed by atoms with Crippen molar-refractivity contribution in [2.24, 2.45) is 5.10 Å². The van der Waals surface area contributed by atoms with Crippen molar-refractivity contribution in [2.45, 2.75) is 0 Å². The predicted octanol–water partition coefficient (Wildman–Crippen LogP) is 2.80. The smallest absolute Gasteiger partial charge is 0.259 e. The second-order valence-corrected chi connectivity index (χ2v) is 6.44. The number of rotatable bonds is 5. The summed E-state index contributed by atoms with van der Waals surface area (Å²) in [6.07, 6.45) is 1.31. The summed E-state index contributed by atoms with van der Waals surface area (Å²) in [5.74, 6) is -0.819. The highest BCUT2D eigenvalue weighted by Crippen LogP contribution is 2.30. The molecule has 0 aliphatic rings. The van der Waals surface area contributed by atoms with Gasteiger partial charge in [0.2, 0.25) is 0 Å². The molecule has 2 aromatic rings. The van der Waals surface area contributed by atoms with Gasteiger partial charge in [-0.15, -0.1) is 0 Å². The average Bonchev–Trinajstić information content (AvgIpc) is 2.57. The number of hydrazone groups is 1. The molecule has 8 heteroatoms. The molecule has 3 N–H and O–H groups in total. The second kappa shape index (κ2) is 8.60. The molecule has 0 unspecified atom stereocenters. The molecule has 0 radical (unpaired) electrons. The molecule has 0 saturated carbocycles. The molecule has 6 nitrogen and oxygen atoms in total. The van der Waals surface area contributed by atoms with E-state index in [-0.39, 0.29) is 18.2 Å². The van der Waals surface area contributed by atoms with Gasteiger partial charge in [0.1, 0.15) is 5.75 Å². The third-order valence-electron chi connectivity index (χ3n) is 2.90. The number of aromatic hydroxyl groups is 1. The summed E-state index contributed by atoms with van der Waals surface area (Å²) < 4.78 is 1.25. The van der Waals surface area contributed by atoms with Gasteiger partial charge in [0.05, 0.1) is 17.2 Å². The minimum Gasteiger partial charge on any atom is -0.506 e. The van der Waals surface area contributed by atoms with Gasteiger partial charge >= 0.3 is 0 Å². The third-order valence-corrected chi connectivity index (χ3v) is 3.96. The number of amides is 2. The van der Waals surface area contributed by atoms with Gasteiger partial charge in [0.25, 0.3) is 11.8 Å². The van der Waals surface area contributed by atoms with Crippen LogP contribution in [-0.4, -0.2) is 29.7 Å². The minimum atomic E-state index is -0.482. The first-order chi connectivity index (χ1) is 11.5. The van der Waals surface area contributed by atoms with Crippen LogP contribution in [0.3, 0.4) is 0 Å². The summed E-state index contributed by atoms with van der Waals surface area (Å²) in [6, 6.07) is 11.9. The van der Waals surface area contributed by atoms with E-state index in [2.05, 4.69) is 47.7 Å². The Kier molecular flexibility index (Phi) is 6.51. The zero-order chi connectivity index (χ0) is 17.5. The van der Waals surface area contributed by atoms with E-state index >= 15 is 0 Å². The monoisotopic (exact) mass is 453 g/mol. The van der Waals surface area contributed by atoms with E-state index in [1.165, 1.54) is 6.21 Å². The number of phenols is 1. The zero-order valence-electron chi connectivity index (χ0n) is 12.3. The van der Waals surface area contributed by atoms with E-state index in [4.69, 9.17) is 0 Å². The number of benzene rings is 2. The Balaban J connectivity index is 1.86. The Morgan fingerprint density at radius 1 is 1.17 bits per heavy atom. The molecule has 0 heterocycles. The Bertz CT molecular complexity index is 780. The number of hydrogen-bond donors (Lipinski definition) is 3. The second-order valence-electron chi connectivity index (χ2n) is 4.67. The van der Waals surface area contributed by atoms with Crippen molar-refractivity contribution < 1.29 is 14.7 Å². The van der Waals surface area contributed by atoms with Crippen LogP contribution in [0.15, 0.2) is 56.5 Å². The average molecular weight is 455 g/mol. The fourth-order valence-corrected chi connectivity index (χ4v) is 3.01. The van der Waals surface area contributed by atoms with Crippen LogP contribution in [0.2, 0.25) is 0 Å². The topological polar surface area (TPSA) is 90.8 Å². The molecule has 2 amide bonds. The molecule has 0 fully saturated rings. The van der Waals surface area contributed by atoms with Crippen LogP contribution in [0.1, 0.15) is 15.9 Å². The summed E-state index contributed by atoms with van der Waals surface area (Å²) in [5.41, 5.74) is 3.17. The molecule has 24 heavy (non-hydrogen) atoms. The summed E-state index contributed by atoms with van der Waals surface area (Å²) in [6.45, 7) is -0.209. The van der Waals surface area contributed by atoms with Crippen molar-refractivity contribution in [1.29, 1.82) is 0 Å². The van der Waals surface area contributed by atoms with Gasteiger partial charge in [-0.05, 0) is 40.2 Å². The van der Waals surface area contributed by atoms with Crippen LogP contribution < -0.4 is 10.7 Å². The Morgan fingerprint density at radius 2 is 1.88 bits per heavy atom. The number of halogens is 2. The van der Waals surface area contributed by atoms with Crippen molar-refractivity contribution in [2.75, 3.05) is 6.54 Å². The lowest BCUT2D eigenvalue weighted by atomic mass is 10.2. The van der Waals surface area contributed by atoms with Crippen molar-refractivity contribution in [1.82, 2.24) is 10.7 Å². The predicted molar refractivity (Wildman–Crippen MR) is 98.0 cm³/mol. The summed E-state index contributed by atoms with van der Waals surface area (Å²) >= 11 is 6.50. The largest absolute Gasteiger partial charge is 0.506 e. The van der Waals surface area contributed by atoms with Crippen molar-refractivity contribution in [3.05, 3.63) is 62.5 Å². The van der Waals surface area contributed by atoms with Gasteiger partial charge in [-0.3, -0.25) is 9.59 Å². The van der Waals surface area contributed by atoms with Crippen LogP contribution in [-0.2, 0) is 4.79 Å². The maximum atomic E-state index is 11.8. The summed E-state index contributed by atoms with van der Waals surface area (Å²) in [5, 5.41) is 16.1. The highest BCUT2D eigenvalue weighted by molar-refractivity contribution is 9.11. The Hall–Kier alpha value is -2.19. The number of carbonyl (C=O) groups excluding carboxylic acids is 2. The standard InChI is InChI=1S/C16H13Br2N3O3/c17-12-6-11(15(23)13(18)7-12)8-20-21-14(22)9-19-16(24)10-4-2-1-3-5-10/h1-8,23H,9H2,(H,19,24)(H,21,22). The Morgan fingerprint density at radius 3 is 2.58 bits per heavy atom. The lowest BCUT2D eigenvalue weighted by Gasteiger charge is -2.05. The van der Waals surface area contributed by atoms with Crippen LogP contribution in [0.5, 0.6) is 5.75 Å². The van der Waals surface area contributed by atoms with E-state index in [9.17, 15) is 14.7 Å². The van der Waals surface area contributed by atoms with Crippen molar-refractivity contribution in [3.63, 3.8) is 0 Å². The maximum absolute atomic E-state index is 11.8. The highest BCUT2D eigenvalue weighted by Gasteiger charge is 2.07. The van der Waals surface area contributed by atoms with Gasteiger partial charge < -0.3 is 10.4 Å². The van der Waals surface area contributed by atoms with Gasteiger partial charge in [-0.2, -0.15) is 5.10 Å². The van der Waals surface area contributed by atoms with Gasteiger partial charge in [-0.1, -0.05) is 34.1 Å². The Labute approximate surface area is 155 Å². The lowest BCUT2D eigenvalue weighted by molar-refractivity contribution is -0.120. The maximum Gasteiger partial charge on any atom is 0.259 e. The highest BCUT2D eigenvalue weighted by atomic mass is 79.9. The van der Waals surface area contributed by atoms with E-state index in [1.54, 1.807) is 42.5 Å². The number of nitrogens with zero attached hydrogens (tertiary/aromatic N) is 1. The number of hydrogen-bond acceptors (Lipinski definition) is 4. The minimum absolute atomic E-state index is 0.00794. The molecular formula is C16H13Br2N3O3. The summed E-state index contributed by atoms with van der Waals surface area (Å²) in [7, 11) is 0. The van der Waals surface area contributed by atoms with Gasteiger partial charge in [0.15, 0.2) is 0 Å². The molecule has 0 aliphatic carbocycles. The first-order valence-electron chi connectivity index (χ1n) is 6.80. The molecule has 0 aliphatic heterocycles. The summed E-state index contributed by atoms with van der Waals surface area (Å²) in [4.78, 5) is 23.5. The molecule has 2 rings (SSSR count). The van der Waals surface area contributed by atoms with Crippen LogP contribution >= 0.6 is 31.9 Å². The fourth-order valence-electron chi connectivity index (χ4n) is 1.75. The molecule has 0 spiro atoms. The molecule has 0 aromatic heterocycles. The quantitative estimate of drug-likeness (QED) is 0.479. The fraction of sp³-hybridized carbons (Fsp3) is 0.0625. The molecule has 0 bridgehead atoms. The van der Waals surface area contributed by atoms with Crippen LogP contribution in [0.25, 0.3) is 0 Å². The van der Waals surface area contributed by atoms with Crippen molar-refractivity contribution >= 4 is 49.9 Å². The number of carbonyl (C=O) groups is 2. The van der Waals surface area contributed by atoms with E-state index in [0.29, 0.717) is 15.6 Å². The normalized spacial score (nSPS) is 10.6. The molecular weight excluding hydrogens is 442 g/mol. The first kappa shape index (κ1) is 18.2. The third kappa shape index (κ3) is 5.17. The number of phenolic OH excluding ortho intramolecular Hbond substituents is 1. The zero-order valence-corrected chi connectivity index (χ0v) is 15.5. The van der Waals surface area contributed by atoms with Crippen LogP contribution in [0, 0.1) is 0 Å². The van der Waals surface area contributed by atoms with Gasteiger partial charge in [0, 0.05) is 15.6 Å². The van der Waals surface area contributed by atoms with E-state index in [1.807, 2.05) is 0 Å². The molecule has 124 valence electrons. The molecule has 2 aromatic carbocycles. The number of nitrogens with one attached hydrogen (secondary N) is 2. The van der Waals surface area contributed by atoms with Gasteiger partial charge in [-0.25, -0.2) is 5.43 Å².